The summed E-state index contributed by atoms with van der Waals surface area (Å²) >= 11 is 5.81. The van der Waals surface area contributed by atoms with Crippen LogP contribution in [0, 0.1) is 10.8 Å². The molecule has 6 heterocycles. The van der Waals surface area contributed by atoms with Gasteiger partial charge >= 0.3 is 0 Å². The van der Waals surface area contributed by atoms with Gasteiger partial charge in [0.2, 0.25) is 11.2 Å². The number of anilines is 3. The summed E-state index contributed by atoms with van der Waals surface area (Å²) in [5, 5.41) is 10.1. The molecule has 2 spiro atoms. The number of pyridine rings is 2. The lowest BCUT2D eigenvalue weighted by Gasteiger charge is -2.32. The van der Waals surface area contributed by atoms with Crippen molar-refractivity contribution in [3.8, 4) is 22.5 Å². The molecule has 17 heteroatoms. The van der Waals surface area contributed by atoms with E-state index in [0.717, 1.165) is 80.0 Å². The van der Waals surface area contributed by atoms with E-state index in [-0.39, 0.29) is 22.9 Å². The predicted octanol–water partition coefficient (Wildman–Crippen LogP) is 9.32. The van der Waals surface area contributed by atoms with Crippen LogP contribution in [0.15, 0.2) is 72.8 Å². The van der Waals surface area contributed by atoms with Crippen molar-refractivity contribution in [3.05, 3.63) is 89.2 Å². The van der Waals surface area contributed by atoms with Gasteiger partial charge in [0.1, 0.15) is 11.6 Å². The number of benzene rings is 2. The second-order valence-corrected chi connectivity index (χ2v) is 18.7. The van der Waals surface area contributed by atoms with E-state index in [1.165, 1.54) is 64.5 Å². The van der Waals surface area contributed by atoms with Crippen molar-refractivity contribution in [1.29, 1.82) is 0 Å². The van der Waals surface area contributed by atoms with Crippen molar-refractivity contribution in [3.63, 3.8) is 0 Å². The van der Waals surface area contributed by atoms with Crippen molar-refractivity contribution in [2.24, 2.45) is 10.8 Å². The van der Waals surface area contributed by atoms with Gasteiger partial charge in [-0.2, -0.15) is 15.0 Å². The molecule has 16 nitrogen and oxygen atoms in total. The first-order valence-electron chi connectivity index (χ1n) is 25.2. The zero-order valence-corrected chi connectivity index (χ0v) is 43.2. The molecule has 2 aromatic carbocycles. The summed E-state index contributed by atoms with van der Waals surface area (Å²) in [5.41, 5.74) is 18.7. The van der Waals surface area contributed by atoms with Crippen molar-refractivity contribution < 1.29 is 19.1 Å². The number of fused-ring (bicyclic) bond motifs is 2. The monoisotopic (exact) mass is 989 g/mol. The fourth-order valence-corrected chi connectivity index (χ4v) is 8.66. The van der Waals surface area contributed by atoms with Gasteiger partial charge < -0.3 is 41.8 Å². The van der Waals surface area contributed by atoms with Gasteiger partial charge in [-0.15, -0.1) is 0 Å². The van der Waals surface area contributed by atoms with E-state index in [1.54, 1.807) is 50.5 Å². The highest BCUT2D eigenvalue weighted by Gasteiger charge is 2.45. The average Bonchev–Trinajstić information content (AvgIpc) is 4.35. The Bertz CT molecular complexity index is 2660. The van der Waals surface area contributed by atoms with Gasteiger partial charge in [-0.05, 0) is 162 Å². The molecule has 4 fully saturated rings. The molecular formula is C54H73ClN12O4. The number of nitrogen functional groups attached to an aromatic ring is 2. The minimum atomic E-state index is -0.155. The molecule has 0 unspecified atom stereocenters. The molecule has 2 aliphatic carbocycles. The highest BCUT2D eigenvalue weighted by atomic mass is 35.5. The molecule has 10 rings (SSSR count). The lowest BCUT2D eigenvalue weighted by molar-refractivity contribution is 0.0955. The number of carbonyl (C=O) groups is 2. The maximum Gasteiger partial charge on any atom is 0.251 e. The highest BCUT2D eigenvalue weighted by molar-refractivity contribution is 6.28. The number of nitrogens with one attached hydrogen (secondary N) is 3. The topological polar surface area (TPSA) is 221 Å². The summed E-state index contributed by atoms with van der Waals surface area (Å²) < 4.78 is 9.97. The summed E-state index contributed by atoms with van der Waals surface area (Å²) in [6, 6.07) is 22.0. The lowest BCUT2D eigenvalue weighted by Crippen LogP contribution is -2.35. The highest BCUT2D eigenvalue weighted by Crippen LogP contribution is 2.54. The Balaban J connectivity index is 0.000000171. The van der Waals surface area contributed by atoms with E-state index in [1.807, 2.05) is 50.2 Å². The molecule has 71 heavy (non-hydrogen) atoms. The number of rotatable bonds is 11. The first kappa shape index (κ1) is 54.3. The van der Waals surface area contributed by atoms with E-state index in [4.69, 9.17) is 42.5 Å². The molecule has 6 aromatic rings. The fraction of sp³-hybridized carbons (Fsp3) is 0.481. The number of amides is 2. The van der Waals surface area contributed by atoms with Crippen LogP contribution in [0.5, 0.6) is 0 Å². The molecule has 2 saturated heterocycles. The molecule has 380 valence electrons. The second-order valence-electron chi connectivity index (χ2n) is 18.4. The molecule has 7 N–H and O–H groups in total. The van der Waals surface area contributed by atoms with Crippen molar-refractivity contribution in [1.82, 2.24) is 45.9 Å². The lowest BCUT2D eigenvalue weighted by atomic mass is 9.94. The van der Waals surface area contributed by atoms with E-state index in [9.17, 15) is 9.59 Å². The largest absolute Gasteiger partial charge is 0.383 e. The maximum absolute atomic E-state index is 11.9. The molecule has 0 bridgehead atoms. The van der Waals surface area contributed by atoms with Crippen LogP contribution in [0.3, 0.4) is 0 Å². The Morgan fingerprint density at radius 1 is 0.620 bits per heavy atom. The average molecular weight is 990 g/mol. The van der Waals surface area contributed by atoms with E-state index in [2.05, 4.69) is 54.6 Å². The van der Waals surface area contributed by atoms with Gasteiger partial charge in [0, 0.05) is 75.9 Å². The second kappa shape index (κ2) is 26.4. The normalized spacial score (nSPS) is 15.7. The summed E-state index contributed by atoms with van der Waals surface area (Å²) in [4.78, 5) is 52.3. The molecule has 2 saturated carbocycles. The summed E-state index contributed by atoms with van der Waals surface area (Å²) in [6.45, 7) is 16.3. The number of ether oxygens (including phenoxy) is 2. The Hall–Kier alpha value is -6.07. The zero-order valence-electron chi connectivity index (χ0n) is 42.5. The van der Waals surface area contributed by atoms with Gasteiger partial charge in [0.15, 0.2) is 11.3 Å². The summed E-state index contributed by atoms with van der Waals surface area (Å²) in [5.74, 6) is 1.12. The van der Waals surface area contributed by atoms with Crippen LogP contribution in [0.2, 0.25) is 5.28 Å². The van der Waals surface area contributed by atoms with Crippen molar-refractivity contribution in [2.45, 2.75) is 91.9 Å². The minimum Gasteiger partial charge on any atom is -0.383 e. The quantitative estimate of drug-likeness (QED) is 0.0603. The fourth-order valence-electron chi connectivity index (χ4n) is 8.49. The molecule has 4 aliphatic rings. The standard InChI is InChI=1S/C22H24N6O.C15H12ClN5O.C7H13N.2C5H12O/c1-24-20(29)15-4-2-3-14(13-15)17-6-5-16-18(23)26-21(27-19(16)25-17)28-11-9-22(7-8-22)10-12-28;1-18-14(22)9-4-2-3-8(7-9)11-6-5-10-12(17)20-15(16)21-13(10)19-11;1-2-7(1)3-5-8-6-4-7;2*1-3-5-6-4-2/h2-6,13H,7-12H2,1H3,(H,24,29)(H2,23,25,26,27);2-7H,1H3,(H,18,22)(H2,17,19,20,21);8H,1-6H2;2*3-5H2,1-2H3. The number of carbonyl (C=O) groups excluding carboxylic acids is 2. The number of hydrogen-bond donors (Lipinski definition) is 5. The van der Waals surface area contributed by atoms with Crippen LogP contribution in [0.1, 0.15) is 113 Å². The summed E-state index contributed by atoms with van der Waals surface area (Å²) in [6.07, 6.45) is 13.3. The molecule has 2 amide bonds. The smallest absolute Gasteiger partial charge is 0.251 e. The number of aromatic nitrogens is 6. The number of halogens is 1. The Labute approximate surface area is 423 Å². The number of nitrogens with zero attached hydrogens (tertiary/aromatic N) is 7. The first-order valence-corrected chi connectivity index (χ1v) is 25.6. The van der Waals surface area contributed by atoms with Gasteiger partial charge in [0.25, 0.3) is 11.8 Å². The predicted molar refractivity (Wildman–Crippen MR) is 287 cm³/mol. The van der Waals surface area contributed by atoms with Crippen LogP contribution < -0.4 is 32.3 Å². The summed E-state index contributed by atoms with van der Waals surface area (Å²) in [7, 11) is 3.21. The van der Waals surface area contributed by atoms with Gasteiger partial charge in [-0.3, -0.25) is 9.59 Å². The third kappa shape index (κ3) is 15.5. The molecule has 4 aromatic heterocycles. The zero-order chi connectivity index (χ0) is 50.8. The van der Waals surface area contributed by atoms with Gasteiger partial charge in [-0.1, -0.05) is 38.1 Å². The maximum atomic E-state index is 11.9. The first-order chi connectivity index (χ1) is 34.4. The van der Waals surface area contributed by atoms with Crippen LogP contribution in [-0.4, -0.2) is 108 Å². The molecule has 0 atom stereocenters. The Morgan fingerprint density at radius 3 is 1.51 bits per heavy atom. The Kier molecular flexibility index (Phi) is 20.2. The van der Waals surface area contributed by atoms with E-state index >= 15 is 0 Å². The number of piperidine rings is 2. The minimum absolute atomic E-state index is 0.0498. The van der Waals surface area contributed by atoms with Gasteiger partial charge in [-0.25, -0.2) is 15.0 Å². The molecule has 2 aliphatic heterocycles. The van der Waals surface area contributed by atoms with Crippen molar-refractivity contribution in [2.75, 3.05) is 83.1 Å². The SMILES string of the molecule is C1CC2(CCN1)CC2.CCCOCC.CCCOCC.CNC(=O)c1cccc(-c2ccc3c(N)nc(Cl)nc3n2)c1.CNC(=O)c1cccc(-c2ccc3c(N)nc(N4CCC5(CC4)CC5)nc3n2)c1. The number of nitrogens with two attached hydrogens (primary N) is 2. The van der Waals surface area contributed by atoms with Crippen LogP contribution >= 0.6 is 11.6 Å². The number of hydrogen-bond acceptors (Lipinski definition) is 14. The van der Waals surface area contributed by atoms with Crippen LogP contribution in [0.25, 0.3) is 44.6 Å². The van der Waals surface area contributed by atoms with Crippen molar-refractivity contribution >= 4 is 63.1 Å². The van der Waals surface area contributed by atoms with Gasteiger partial charge in [0.05, 0.1) is 22.2 Å². The van der Waals surface area contributed by atoms with E-state index < -0.39 is 0 Å². The van der Waals surface area contributed by atoms with Crippen LogP contribution in [-0.2, 0) is 9.47 Å². The van der Waals surface area contributed by atoms with E-state index in [0.29, 0.717) is 50.7 Å². The third-order valence-corrected chi connectivity index (χ3v) is 13.4. The third-order valence-electron chi connectivity index (χ3n) is 13.2. The van der Waals surface area contributed by atoms with Crippen LogP contribution in [0.4, 0.5) is 17.6 Å². The molecule has 0 radical (unpaired) electrons. The molecular weight excluding hydrogens is 916 g/mol. The Morgan fingerprint density at radius 2 is 1.08 bits per heavy atom.